The quantitative estimate of drug-likeness (QED) is 0.616. The highest BCUT2D eigenvalue weighted by Gasteiger charge is 2.34. The molecular weight excluding hydrogens is 330 g/mol. The first-order chi connectivity index (χ1) is 12.7. The zero-order valence-corrected chi connectivity index (χ0v) is 15.5. The molecular formula is C20H25N3O3. The van der Waals surface area contributed by atoms with Crippen molar-refractivity contribution in [2.75, 3.05) is 31.1 Å². The van der Waals surface area contributed by atoms with Crippen LogP contribution < -0.4 is 4.90 Å². The van der Waals surface area contributed by atoms with Gasteiger partial charge in [-0.3, -0.25) is 9.69 Å². The third-order valence-electron chi connectivity index (χ3n) is 5.13. The number of amides is 1. The highest BCUT2D eigenvalue weighted by Crippen LogP contribution is 2.36. The number of likely N-dealkylation sites (N-methyl/N-ethyl adjacent to an activating group) is 1. The van der Waals surface area contributed by atoms with E-state index in [0.29, 0.717) is 18.9 Å². The van der Waals surface area contributed by atoms with Gasteiger partial charge in [0.2, 0.25) is 0 Å². The molecule has 0 saturated carbocycles. The summed E-state index contributed by atoms with van der Waals surface area (Å²) in [5, 5.41) is 3.91. The van der Waals surface area contributed by atoms with Crippen LogP contribution in [0.3, 0.4) is 0 Å². The van der Waals surface area contributed by atoms with Crippen molar-refractivity contribution < 1.29 is 14.4 Å². The van der Waals surface area contributed by atoms with Crippen LogP contribution in [0.1, 0.15) is 43.4 Å². The zero-order valence-electron chi connectivity index (χ0n) is 15.5. The maximum Gasteiger partial charge on any atom is 0.339 e. The molecule has 6 heteroatoms. The van der Waals surface area contributed by atoms with Crippen LogP contribution in [0.4, 0.5) is 5.69 Å². The molecule has 1 amide bonds. The van der Waals surface area contributed by atoms with Gasteiger partial charge in [-0.1, -0.05) is 0 Å². The molecule has 0 radical (unpaired) electrons. The van der Waals surface area contributed by atoms with E-state index in [-0.39, 0.29) is 11.9 Å². The van der Waals surface area contributed by atoms with Gasteiger partial charge in [0.05, 0.1) is 0 Å². The molecule has 0 N–H and O–H groups in total. The molecule has 1 aromatic carbocycles. The highest BCUT2D eigenvalue weighted by molar-refractivity contribution is 6.11. The van der Waals surface area contributed by atoms with Gasteiger partial charge in [-0.25, -0.2) is 0 Å². The molecule has 1 fully saturated rings. The van der Waals surface area contributed by atoms with Gasteiger partial charge in [-0.15, -0.1) is 0 Å². The van der Waals surface area contributed by atoms with E-state index in [1.165, 1.54) is 34.6 Å². The van der Waals surface area contributed by atoms with E-state index in [1.807, 2.05) is 19.9 Å². The molecule has 0 atom stereocenters. The fourth-order valence-corrected chi connectivity index (χ4v) is 4.04. The summed E-state index contributed by atoms with van der Waals surface area (Å²) in [7, 11) is 0. The SMILES string of the molecule is CCO/N=C1\O/C(=C/c2cc3c4c(c2)CCCN4CCC3)C(=O)N1CC. The Morgan fingerprint density at radius 2 is 1.88 bits per heavy atom. The molecule has 0 aliphatic carbocycles. The van der Waals surface area contributed by atoms with Crippen LogP contribution in [0.15, 0.2) is 23.0 Å². The number of nitrogens with zero attached hydrogens (tertiary/aromatic N) is 3. The van der Waals surface area contributed by atoms with Gasteiger partial charge in [0.1, 0.15) is 6.61 Å². The number of aryl methyl sites for hydroxylation is 2. The molecule has 0 spiro atoms. The molecule has 1 saturated heterocycles. The third-order valence-corrected chi connectivity index (χ3v) is 5.13. The minimum atomic E-state index is -0.168. The van der Waals surface area contributed by atoms with Crippen molar-refractivity contribution in [2.45, 2.75) is 39.5 Å². The fraction of sp³-hybridized carbons (Fsp3) is 0.500. The summed E-state index contributed by atoms with van der Waals surface area (Å²) >= 11 is 0. The van der Waals surface area contributed by atoms with Crippen LogP contribution in [0.5, 0.6) is 0 Å². The molecule has 3 aliphatic rings. The Bertz CT molecular complexity index is 754. The Labute approximate surface area is 154 Å². The lowest BCUT2D eigenvalue weighted by molar-refractivity contribution is -0.122. The van der Waals surface area contributed by atoms with Gasteiger partial charge in [-0.05, 0) is 79.6 Å². The molecule has 0 unspecified atom stereocenters. The molecule has 26 heavy (non-hydrogen) atoms. The van der Waals surface area contributed by atoms with Gasteiger partial charge in [0, 0.05) is 25.3 Å². The molecule has 6 nitrogen and oxygen atoms in total. The number of amidine groups is 1. The number of carbonyl (C=O) groups excluding carboxylic acids is 1. The topological polar surface area (TPSA) is 54.4 Å². The standard InChI is InChI=1S/C20H25N3O3/c1-3-23-19(24)17(26-20(23)21-25-4-2)13-14-11-15-7-5-9-22-10-6-8-16(12-14)18(15)22/h11-13H,3-10H2,1-2H3/b17-13+,21-20-. The summed E-state index contributed by atoms with van der Waals surface area (Å²) in [5.41, 5.74) is 5.24. The van der Waals surface area contributed by atoms with Crippen molar-refractivity contribution in [3.63, 3.8) is 0 Å². The largest absolute Gasteiger partial charge is 0.418 e. The Kier molecular flexibility index (Phi) is 4.57. The smallest absolute Gasteiger partial charge is 0.339 e. The van der Waals surface area contributed by atoms with E-state index >= 15 is 0 Å². The summed E-state index contributed by atoms with van der Waals surface area (Å²) in [6.07, 6.45) is 6.42. The number of hydrogen-bond acceptors (Lipinski definition) is 5. The monoisotopic (exact) mass is 355 g/mol. The summed E-state index contributed by atoms with van der Waals surface area (Å²) in [6, 6.07) is 4.62. The Balaban J connectivity index is 1.67. The van der Waals surface area contributed by atoms with E-state index < -0.39 is 0 Å². The minimum absolute atomic E-state index is 0.168. The Hall–Kier alpha value is -2.50. The maximum atomic E-state index is 12.6. The molecule has 3 aliphatic heterocycles. The average molecular weight is 355 g/mol. The molecule has 1 aromatic rings. The highest BCUT2D eigenvalue weighted by atomic mass is 16.7. The lowest BCUT2D eigenvalue weighted by atomic mass is 9.90. The first-order valence-corrected chi connectivity index (χ1v) is 9.53. The van der Waals surface area contributed by atoms with Crippen LogP contribution in [0.2, 0.25) is 0 Å². The lowest BCUT2D eigenvalue weighted by Gasteiger charge is -2.37. The zero-order chi connectivity index (χ0) is 18.1. The van der Waals surface area contributed by atoms with Gasteiger partial charge in [-0.2, -0.15) is 0 Å². The first kappa shape index (κ1) is 16.9. The summed E-state index contributed by atoms with van der Waals surface area (Å²) in [6.45, 7) is 6.98. The third kappa shape index (κ3) is 2.93. The number of rotatable bonds is 4. The molecule has 0 aromatic heterocycles. The van der Waals surface area contributed by atoms with Crippen LogP contribution in [-0.2, 0) is 27.2 Å². The fourth-order valence-electron chi connectivity index (χ4n) is 4.04. The molecule has 0 bridgehead atoms. The average Bonchev–Trinajstić information content (AvgIpc) is 2.95. The van der Waals surface area contributed by atoms with Crippen molar-refractivity contribution in [2.24, 2.45) is 5.16 Å². The predicted octanol–water partition coefficient (Wildman–Crippen LogP) is 2.91. The normalized spacial score (nSPS) is 22.0. The van der Waals surface area contributed by atoms with Gasteiger partial charge in [0.15, 0.2) is 5.76 Å². The first-order valence-electron chi connectivity index (χ1n) is 9.53. The number of carbonyl (C=O) groups is 1. The van der Waals surface area contributed by atoms with Crippen molar-refractivity contribution >= 4 is 23.7 Å². The van der Waals surface area contributed by atoms with E-state index in [2.05, 4.69) is 22.2 Å². The Morgan fingerprint density at radius 1 is 1.19 bits per heavy atom. The molecule has 138 valence electrons. The van der Waals surface area contributed by atoms with E-state index in [9.17, 15) is 4.79 Å². The van der Waals surface area contributed by atoms with Gasteiger partial charge in [0.25, 0.3) is 5.91 Å². The number of oxime groups is 1. The maximum absolute atomic E-state index is 12.6. The number of anilines is 1. The van der Waals surface area contributed by atoms with Crippen molar-refractivity contribution in [3.05, 3.63) is 34.6 Å². The second kappa shape index (κ2) is 7.02. The van der Waals surface area contributed by atoms with Crippen molar-refractivity contribution in [1.82, 2.24) is 4.90 Å². The van der Waals surface area contributed by atoms with Crippen LogP contribution in [0, 0.1) is 0 Å². The second-order valence-corrected chi connectivity index (χ2v) is 6.83. The van der Waals surface area contributed by atoms with E-state index in [0.717, 1.165) is 31.5 Å². The van der Waals surface area contributed by atoms with Crippen LogP contribution in [-0.4, -0.2) is 43.1 Å². The summed E-state index contributed by atoms with van der Waals surface area (Å²) < 4.78 is 5.69. The van der Waals surface area contributed by atoms with Gasteiger partial charge >= 0.3 is 6.02 Å². The van der Waals surface area contributed by atoms with Crippen molar-refractivity contribution in [1.29, 1.82) is 0 Å². The lowest BCUT2D eigenvalue weighted by Crippen LogP contribution is -2.34. The molecule has 3 heterocycles. The second-order valence-electron chi connectivity index (χ2n) is 6.83. The summed E-state index contributed by atoms with van der Waals surface area (Å²) in [4.78, 5) is 21.7. The number of hydrogen-bond donors (Lipinski definition) is 0. The Morgan fingerprint density at radius 3 is 2.50 bits per heavy atom. The van der Waals surface area contributed by atoms with Crippen LogP contribution >= 0.6 is 0 Å². The van der Waals surface area contributed by atoms with E-state index in [1.54, 1.807) is 0 Å². The van der Waals surface area contributed by atoms with Crippen LogP contribution in [0.25, 0.3) is 6.08 Å². The molecule has 4 rings (SSSR count). The van der Waals surface area contributed by atoms with Gasteiger partial charge < -0.3 is 14.5 Å². The summed E-state index contributed by atoms with van der Waals surface area (Å²) in [5.74, 6) is 0.139. The number of ether oxygens (including phenoxy) is 1. The van der Waals surface area contributed by atoms with Crippen molar-refractivity contribution in [3.8, 4) is 0 Å². The predicted molar refractivity (Wildman–Crippen MR) is 101 cm³/mol. The van der Waals surface area contributed by atoms with E-state index in [4.69, 9.17) is 9.57 Å². The minimum Gasteiger partial charge on any atom is -0.418 e. The number of benzene rings is 1.